The molecule has 0 bridgehead atoms. The van der Waals surface area contributed by atoms with Crippen molar-refractivity contribution in [2.24, 2.45) is 33.7 Å². The highest BCUT2D eigenvalue weighted by Crippen LogP contribution is 2.65. The van der Waals surface area contributed by atoms with Crippen molar-refractivity contribution in [3.63, 3.8) is 0 Å². The summed E-state index contributed by atoms with van der Waals surface area (Å²) < 4.78 is 13.3. The molecule has 4 nitrogen and oxygen atoms in total. The van der Waals surface area contributed by atoms with Crippen LogP contribution in [-0.4, -0.2) is 15.9 Å². The molecule has 4 aliphatic rings. The molecule has 0 saturated heterocycles. The number of fused-ring (bicyclic) bond motifs is 7. The molecule has 0 spiro atoms. The molecule has 0 radical (unpaired) electrons. The standard InChI is InChI=1S/C26H30FN3OS/c1-25-14-12-21-23(32-24(29-21)28-16-5-3-15(27)4-6-16)20(25)8-7-17-18-9-10-22(30-31)26(18,2)13-11-19(17)25/h3-6,8,17-19,31H,7,9-14H2,1-2H3,(H,28,29)/b30-22+/t17-,18-,19-,25+,26-/m0/s1. The Morgan fingerprint density at radius 2 is 1.88 bits per heavy atom. The first-order chi connectivity index (χ1) is 15.4. The molecule has 1 aromatic heterocycles. The summed E-state index contributed by atoms with van der Waals surface area (Å²) in [5.74, 6) is 1.76. The minimum atomic E-state index is -0.227. The maximum Gasteiger partial charge on any atom is 0.187 e. The quantitative estimate of drug-likeness (QED) is 0.380. The van der Waals surface area contributed by atoms with E-state index >= 15 is 0 Å². The lowest BCUT2D eigenvalue weighted by Crippen LogP contribution is -2.49. The predicted octanol–water partition coefficient (Wildman–Crippen LogP) is 7.04. The molecule has 6 rings (SSSR count). The highest BCUT2D eigenvalue weighted by Gasteiger charge is 2.58. The third kappa shape index (κ3) is 2.84. The number of anilines is 2. The molecule has 32 heavy (non-hydrogen) atoms. The van der Waals surface area contributed by atoms with E-state index in [1.54, 1.807) is 23.5 Å². The number of aryl methyl sites for hydroxylation is 1. The zero-order valence-corrected chi connectivity index (χ0v) is 19.5. The van der Waals surface area contributed by atoms with Crippen LogP contribution in [0.4, 0.5) is 15.2 Å². The second kappa shape index (κ2) is 7.14. The monoisotopic (exact) mass is 451 g/mol. The van der Waals surface area contributed by atoms with Crippen LogP contribution in [-0.2, 0) is 6.42 Å². The van der Waals surface area contributed by atoms with Gasteiger partial charge < -0.3 is 10.5 Å². The van der Waals surface area contributed by atoms with Gasteiger partial charge in [0.15, 0.2) is 5.13 Å². The summed E-state index contributed by atoms with van der Waals surface area (Å²) in [6.45, 7) is 4.83. The second-order valence-electron chi connectivity index (χ2n) is 10.6. The minimum absolute atomic E-state index is 0.0776. The fourth-order valence-electron chi connectivity index (χ4n) is 7.54. The molecule has 0 aliphatic heterocycles. The Hall–Kier alpha value is -2.21. The van der Waals surface area contributed by atoms with Crippen molar-refractivity contribution in [1.29, 1.82) is 0 Å². The van der Waals surface area contributed by atoms with E-state index in [4.69, 9.17) is 4.98 Å². The summed E-state index contributed by atoms with van der Waals surface area (Å²) in [7, 11) is 0. The van der Waals surface area contributed by atoms with Gasteiger partial charge in [-0.05, 0) is 98.0 Å². The van der Waals surface area contributed by atoms with Gasteiger partial charge in [0.1, 0.15) is 5.82 Å². The molecule has 168 valence electrons. The van der Waals surface area contributed by atoms with Crippen LogP contribution in [0.15, 0.2) is 35.5 Å². The third-order valence-electron chi connectivity index (χ3n) is 9.25. The van der Waals surface area contributed by atoms with Crippen LogP contribution in [0.1, 0.15) is 62.9 Å². The van der Waals surface area contributed by atoms with E-state index in [9.17, 15) is 9.60 Å². The van der Waals surface area contributed by atoms with E-state index in [0.29, 0.717) is 17.8 Å². The highest BCUT2D eigenvalue weighted by molar-refractivity contribution is 7.16. The van der Waals surface area contributed by atoms with Crippen LogP contribution in [0.3, 0.4) is 0 Å². The van der Waals surface area contributed by atoms with Crippen molar-refractivity contribution in [1.82, 2.24) is 4.98 Å². The van der Waals surface area contributed by atoms with Gasteiger partial charge in [-0.3, -0.25) is 0 Å². The number of rotatable bonds is 2. The summed E-state index contributed by atoms with van der Waals surface area (Å²) in [5, 5.41) is 17.6. The Morgan fingerprint density at radius 3 is 2.66 bits per heavy atom. The average Bonchev–Trinajstić information content (AvgIpc) is 3.34. The number of allylic oxidation sites excluding steroid dienone is 2. The number of thiazole rings is 1. The molecule has 1 aromatic carbocycles. The lowest BCUT2D eigenvalue weighted by atomic mass is 9.48. The first-order valence-electron chi connectivity index (χ1n) is 11.9. The van der Waals surface area contributed by atoms with Crippen LogP contribution in [0, 0.1) is 34.4 Å². The van der Waals surface area contributed by atoms with Crippen LogP contribution >= 0.6 is 11.3 Å². The molecule has 2 N–H and O–H groups in total. The normalized spacial score (nSPS) is 36.7. The Labute approximate surface area is 192 Å². The van der Waals surface area contributed by atoms with Crippen molar-refractivity contribution in [2.45, 2.75) is 58.8 Å². The smallest absolute Gasteiger partial charge is 0.187 e. The van der Waals surface area contributed by atoms with Gasteiger partial charge in [-0.15, -0.1) is 0 Å². The van der Waals surface area contributed by atoms with Gasteiger partial charge in [0, 0.05) is 11.1 Å². The SMILES string of the molecule is C[C@]12CCc3nc(Nc4ccc(F)cc4)sc3C1=CC[C@@H]1[C@@H]2CC[C@]2(C)/C(=N/O)CC[C@@H]12. The number of aromatic nitrogens is 1. The van der Waals surface area contributed by atoms with E-state index in [1.807, 2.05) is 0 Å². The zero-order chi connectivity index (χ0) is 22.1. The Kier molecular flexibility index (Phi) is 4.55. The Balaban J connectivity index is 1.32. The molecule has 5 atom stereocenters. The van der Waals surface area contributed by atoms with Gasteiger partial charge in [0.05, 0.1) is 16.3 Å². The van der Waals surface area contributed by atoms with Crippen molar-refractivity contribution in [3.8, 4) is 0 Å². The highest BCUT2D eigenvalue weighted by atomic mass is 32.1. The number of hydrogen-bond donors (Lipinski definition) is 2. The maximum absolute atomic E-state index is 13.3. The fourth-order valence-corrected chi connectivity index (χ4v) is 8.75. The number of nitrogens with zero attached hydrogens (tertiary/aromatic N) is 2. The van der Waals surface area contributed by atoms with Crippen LogP contribution in [0.25, 0.3) is 5.57 Å². The van der Waals surface area contributed by atoms with Crippen LogP contribution in [0.2, 0.25) is 0 Å². The molecular weight excluding hydrogens is 421 g/mol. The molecule has 0 unspecified atom stereocenters. The van der Waals surface area contributed by atoms with Gasteiger partial charge in [-0.1, -0.05) is 36.4 Å². The van der Waals surface area contributed by atoms with Crippen LogP contribution < -0.4 is 5.32 Å². The number of oxime groups is 1. The molecule has 2 fully saturated rings. The van der Waals surface area contributed by atoms with E-state index in [-0.39, 0.29) is 16.6 Å². The van der Waals surface area contributed by atoms with Crippen molar-refractivity contribution in [3.05, 3.63) is 46.7 Å². The molecule has 1 heterocycles. The molecular formula is C26H30FN3OS. The van der Waals surface area contributed by atoms with Crippen molar-refractivity contribution < 1.29 is 9.60 Å². The fraction of sp³-hybridized carbons (Fsp3) is 0.538. The largest absolute Gasteiger partial charge is 0.411 e. The number of nitrogens with one attached hydrogen (secondary N) is 1. The van der Waals surface area contributed by atoms with Gasteiger partial charge in [0.25, 0.3) is 0 Å². The summed E-state index contributed by atoms with van der Waals surface area (Å²) in [6, 6.07) is 6.47. The molecule has 2 aromatic rings. The van der Waals surface area contributed by atoms with E-state index in [0.717, 1.165) is 55.1 Å². The molecule has 4 aliphatic carbocycles. The summed E-state index contributed by atoms with van der Waals surface area (Å²) >= 11 is 1.74. The zero-order valence-electron chi connectivity index (χ0n) is 18.7. The predicted molar refractivity (Wildman–Crippen MR) is 127 cm³/mol. The van der Waals surface area contributed by atoms with E-state index in [2.05, 4.69) is 30.4 Å². The summed E-state index contributed by atoms with van der Waals surface area (Å²) in [4.78, 5) is 6.26. The summed E-state index contributed by atoms with van der Waals surface area (Å²) in [5.41, 5.74) is 4.88. The molecule has 2 saturated carbocycles. The van der Waals surface area contributed by atoms with Gasteiger partial charge in [-0.2, -0.15) is 0 Å². The number of halogens is 1. The first-order valence-corrected chi connectivity index (χ1v) is 12.7. The van der Waals surface area contributed by atoms with Crippen molar-refractivity contribution in [2.75, 3.05) is 5.32 Å². The Morgan fingerprint density at radius 1 is 1.09 bits per heavy atom. The third-order valence-corrected chi connectivity index (χ3v) is 10.3. The first kappa shape index (κ1) is 20.4. The number of benzene rings is 1. The lowest BCUT2D eigenvalue weighted by molar-refractivity contribution is 0.0110. The average molecular weight is 452 g/mol. The lowest BCUT2D eigenvalue weighted by Gasteiger charge is -2.56. The second-order valence-corrected chi connectivity index (χ2v) is 11.6. The maximum atomic E-state index is 13.3. The molecule has 6 heteroatoms. The van der Waals surface area contributed by atoms with Crippen LogP contribution in [0.5, 0.6) is 0 Å². The van der Waals surface area contributed by atoms with E-state index < -0.39 is 0 Å². The minimum Gasteiger partial charge on any atom is -0.411 e. The van der Waals surface area contributed by atoms with Gasteiger partial charge in [-0.25, -0.2) is 9.37 Å². The van der Waals surface area contributed by atoms with Gasteiger partial charge in [0.2, 0.25) is 0 Å². The van der Waals surface area contributed by atoms with E-state index in [1.165, 1.54) is 34.7 Å². The molecule has 0 amide bonds. The summed E-state index contributed by atoms with van der Waals surface area (Å²) in [6.07, 6.45) is 10.2. The topological polar surface area (TPSA) is 57.5 Å². The number of hydrogen-bond acceptors (Lipinski definition) is 5. The van der Waals surface area contributed by atoms with Crippen molar-refractivity contribution >= 4 is 33.4 Å². The van der Waals surface area contributed by atoms with Gasteiger partial charge >= 0.3 is 0 Å². The Bertz CT molecular complexity index is 1120.